The average molecular weight is 599 g/mol. The van der Waals surface area contributed by atoms with E-state index in [0.717, 1.165) is 96.3 Å². The maximum absolute atomic E-state index is 12.6. The number of esters is 1. The number of unbranched alkanes of at least 4 members (excludes halogenated alkanes) is 14. The van der Waals surface area contributed by atoms with Crippen LogP contribution in [0.25, 0.3) is 0 Å². The zero-order valence-corrected chi connectivity index (χ0v) is 28.0. The first-order valence-corrected chi connectivity index (χ1v) is 17.8. The van der Waals surface area contributed by atoms with Crippen LogP contribution in [-0.4, -0.2) is 23.1 Å². The minimum absolute atomic E-state index is 0.0793. The number of rotatable bonds is 31. The van der Waals surface area contributed by atoms with Crippen molar-refractivity contribution < 1.29 is 19.4 Å². The van der Waals surface area contributed by atoms with Crippen molar-refractivity contribution in [3.8, 4) is 0 Å². The maximum Gasteiger partial charge on any atom is 0.306 e. The van der Waals surface area contributed by atoms with Crippen molar-refractivity contribution in [3.63, 3.8) is 0 Å². The summed E-state index contributed by atoms with van der Waals surface area (Å²) in [5.74, 6) is -0.785. The number of carboxylic acid groups (broad SMARTS) is 1. The number of allylic oxidation sites excluding steroid dienone is 9. The van der Waals surface area contributed by atoms with Gasteiger partial charge < -0.3 is 9.84 Å². The lowest BCUT2D eigenvalue weighted by Gasteiger charge is -2.15. The third kappa shape index (κ3) is 34.0. The Balaban J connectivity index is 4.22. The Morgan fingerprint density at radius 1 is 0.558 bits per heavy atom. The molecule has 1 N–H and O–H groups in total. The summed E-state index contributed by atoms with van der Waals surface area (Å²) < 4.78 is 5.89. The zero-order valence-electron chi connectivity index (χ0n) is 28.0. The van der Waals surface area contributed by atoms with E-state index in [-0.39, 0.29) is 18.5 Å². The third-order valence-electron chi connectivity index (χ3n) is 7.46. The number of carbonyl (C=O) groups excluding carboxylic acids is 1. The second-order valence-corrected chi connectivity index (χ2v) is 11.7. The number of hydrogen-bond acceptors (Lipinski definition) is 3. The Kier molecular flexibility index (Phi) is 32.3. The van der Waals surface area contributed by atoms with E-state index >= 15 is 0 Å². The van der Waals surface area contributed by atoms with Gasteiger partial charge in [0.1, 0.15) is 6.10 Å². The molecular formula is C39H66O4. The van der Waals surface area contributed by atoms with E-state index in [9.17, 15) is 9.59 Å². The van der Waals surface area contributed by atoms with Gasteiger partial charge in [-0.25, -0.2) is 0 Å². The summed E-state index contributed by atoms with van der Waals surface area (Å²) in [6.07, 6.45) is 46.7. The molecule has 4 heteroatoms. The molecule has 1 atom stereocenters. The highest BCUT2D eigenvalue weighted by molar-refractivity contribution is 5.69. The van der Waals surface area contributed by atoms with Gasteiger partial charge in [-0.1, -0.05) is 133 Å². The normalized spacial score (nSPS) is 13.0. The lowest BCUT2D eigenvalue weighted by molar-refractivity contribution is -0.147. The molecule has 0 fully saturated rings. The van der Waals surface area contributed by atoms with Gasteiger partial charge in [0.05, 0.1) is 0 Å². The van der Waals surface area contributed by atoms with Crippen molar-refractivity contribution >= 4 is 11.9 Å². The number of hydrogen-bond donors (Lipinski definition) is 1. The fourth-order valence-electron chi connectivity index (χ4n) is 4.85. The van der Waals surface area contributed by atoms with Crippen LogP contribution < -0.4 is 0 Å². The molecule has 0 aromatic heterocycles. The quantitative estimate of drug-likeness (QED) is 0.0490. The Labute approximate surface area is 265 Å². The van der Waals surface area contributed by atoms with Gasteiger partial charge in [-0.2, -0.15) is 0 Å². The molecule has 0 aliphatic rings. The molecule has 0 amide bonds. The summed E-state index contributed by atoms with van der Waals surface area (Å²) in [7, 11) is 0. The first-order valence-electron chi connectivity index (χ1n) is 17.8. The summed E-state index contributed by atoms with van der Waals surface area (Å²) in [6, 6.07) is 0. The molecule has 0 aromatic rings. The molecule has 0 aliphatic heterocycles. The number of carboxylic acids is 1. The zero-order chi connectivity index (χ0) is 31.5. The molecule has 0 aliphatic carbocycles. The van der Waals surface area contributed by atoms with Crippen LogP contribution >= 0.6 is 0 Å². The van der Waals surface area contributed by atoms with Crippen molar-refractivity contribution in [2.75, 3.05) is 0 Å². The summed E-state index contributed by atoms with van der Waals surface area (Å²) in [5, 5.41) is 8.76. The second-order valence-electron chi connectivity index (χ2n) is 11.7. The van der Waals surface area contributed by atoms with Crippen molar-refractivity contribution in [1.82, 2.24) is 0 Å². The molecule has 0 spiro atoms. The van der Waals surface area contributed by atoms with Crippen LogP contribution in [0.2, 0.25) is 0 Å². The van der Waals surface area contributed by atoms with Crippen LogP contribution in [0.15, 0.2) is 60.8 Å². The van der Waals surface area contributed by atoms with Crippen LogP contribution in [0, 0.1) is 0 Å². The van der Waals surface area contributed by atoms with Crippen LogP contribution in [0.4, 0.5) is 0 Å². The fourth-order valence-corrected chi connectivity index (χ4v) is 4.85. The van der Waals surface area contributed by atoms with Crippen LogP contribution in [0.3, 0.4) is 0 Å². The van der Waals surface area contributed by atoms with Crippen molar-refractivity contribution in [2.24, 2.45) is 0 Å². The van der Waals surface area contributed by atoms with Crippen LogP contribution in [0.5, 0.6) is 0 Å². The Hall–Kier alpha value is -2.36. The Morgan fingerprint density at radius 2 is 1.05 bits per heavy atom. The Bertz CT molecular complexity index is 774. The fraction of sp³-hybridized carbons (Fsp3) is 0.692. The molecule has 43 heavy (non-hydrogen) atoms. The summed E-state index contributed by atoms with van der Waals surface area (Å²) >= 11 is 0. The predicted molar refractivity (Wildman–Crippen MR) is 185 cm³/mol. The lowest BCUT2D eigenvalue weighted by atomic mass is 10.0. The number of aliphatic carboxylic acids is 1. The first kappa shape index (κ1) is 40.6. The van der Waals surface area contributed by atoms with E-state index < -0.39 is 5.97 Å². The molecule has 246 valence electrons. The third-order valence-corrected chi connectivity index (χ3v) is 7.46. The van der Waals surface area contributed by atoms with Gasteiger partial charge in [-0.05, 0) is 83.1 Å². The average Bonchev–Trinajstić information content (AvgIpc) is 2.99. The van der Waals surface area contributed by atoms with E-state index in [1.165, 1.54) is 44.9 Å². The molecule has 0 saturated carbocycles. The molecule has 1 unspecified atom stereocenters. The van der Waals surface area contributed by atoms with Gasteiger partial charge in [-0.15, -0.1) is 0 Å². The smallest absolute Gasteiger partial charge is 0.306 e. The first-order chi connectivity index (χ1) is 21.1. The van der Waals surface area contributed by atoms with Gasteiger partial charge >= 0.3 is 11.9 Å². The van der Waals surface area contributed by atoms with Gasteiger partial charge in [0, 0.05) is 12.8 Å². The van der Waals surface area contributed by atoms with E-state index in [1.807, 2.05) is 0 Å². The van der Waals surface area contributed by atoms with Gasteiger partial charge in [0.15, 0.2) is 0 Å². The van der Waals surface area contributed by atoms with E-state index in [1.54, 1.807) is 0 Å². The summed E-state index contributed by atoms with van der Waals surface area (Å²) in [4.78, 5) is 23.2. The number of ether oxygens (including phenoxy) is 1. The van der Waals surface area contributed by atoms with Crippen molar-refractivity contribution in [2.45, 2.75) is 174 Å². The molecule has 4 nitrogen and oxygen atoms in total. The van der Waals surface area contributed by atoms with E-state index in [2.05, 4.69) is 74.6 Å². The minimum Gasteiger partial charge on any atom is -0.481 e. The highest BCUT2D eigenvalue weighted by Gasteiger charge is 2.11. The highest BCUT2D eigenvalue weighted by Crippen LogP contribution is 2.15. The number of carbonyl (C=O) groups is 2. The highest BCUT2D eigenvalue weighted by atomic mass is 16.5. The van der Waals surface area contributed by atoms with E-state index in [4.69, 9.17) is 9.84 Å². The minimum atomic E-state index is -0.706. The maximum atomic E-state index is 12.6. The standard InChI is InChI=1S/C39H66O4/c1-3-5-7-9-11-13-14-15-16-17-18-20-22-28-32-36-39(42)43-37(33-29-25-21-19-12-10-8-6-4-2)34-30-26-23-24-27-31-35-38(40)41/h5,7,11,13,15-16,18,20,29,33,37H,3-4,6,8-10,12,14,17,19,21-28,30-32,34-36H2,1-2H3,(H,40,41)/b7-5-,13-11-,16-15-,20-18-,33-29-. The largest absolute Gasteiger partial charge is 0.481 e. The van der Waals surface area contributed by atoms with Gasteiger partial charge in [0.2, 0.25) is 0 Å². The Morgan fingerprint density at radius 3 is 1.67 bits per heavy atom. The molecular weight excluding hydrogens is 532 g/mol. The van der Waals surface area contributed by atoms with Crippen LogP contribution in [0.1, 0.15) is 168 Å². The van der Waals surface area contributed by atoms with Crippen molar-refractivity contribution in [3.05, 3.63) is 60.8 Å². The lowest BCUT2D eigenvalue weighted by Crippen LogP contribution is -2.16. The summed E-state index contributed by atoms with van der Waals surface area (Å²) in [6.45, 7) is 4.41. The van der Waals surface area contributed by atoms with E-state index in [0.29, 0.717) is 6.42 Å². The van der Waals surface area contributed by atoms with Gasteiger partial charge in [0.25, 0.3) is 0 Å². The van der Waals surface area contributed by atoms with Crippen molar-refractivity contribution in [1.29, 1.82) is 0 Å². The predicted octanol–water partition coefficient (Wildman–Crippen LogP) is 12.2. The summed E-state index contributed by atoms with van der Waals surface area (Å²) in [5.41, 5.74) is 0. The second kappa shape index (κ2) is 34.1. The van der Waals surface area contributed by atoms with Crippen LogP contribution in [-0.2, 0) is 14.3 Å². The SMILES string of the molecule is CC/C=C\C/C=C\C/C=C\C/C=C\CCCCC(=O)OC(/C=C\CCCCCCCCC)CCCCCCCCC(=O)O. The topological polar surface area (TPSA) is 63.6 Å². The molecule has 0 radical (unpaired) electrons. The van der Waals surface area contributed by atoms with Gasteiger partial charge in [-0.3, -0.25) is 9.59 Å². The molecule has 0 rings (SSSR count). The molecule has 0 heterocycles. The molecule has 0 bridgehead atoms. The monoisotopic (exact) mass is 598 g/mol. The molecule has 0 aromatic carbocycles. The molecule has 0 saturated heterocycles.